The number of amides is 4. The number of carbonyl (C=O) groups excluding carboxylic acids is 5. The maximum Gasteiger partial charge on any atom is 0.410 e. The highest BCUT2D eigenvalue weighted by molar-refractivity contribution is 5.95. The molecule has 4 N–H and O–H groups in total. The number of hydrogen-bond donors (Lipinski definition) is 3. The quantitative estimate of drug-likeness (QED) is 0.207. The summed E-state index contributed by atoms with van der Waals surface area (Å²) >= 11 is 0. The first-order valence-corrected chi connectivity index (χ1v) is 15.8. The average Bonchev–Trinajstić information content (AvgIpc) is 3.02. The lowest BCUT2D eigenvalue weighted by atomic mass is 10.0. The van der Waals surface area contributed by atoms with E-state index in [2.05, 4.69) is 10.6 Å². The van der Waals surface area contributed by atoms with Crippen molar-refractivity contribution < 1.29 is 33.4 Å². The molecule has 11 nitrogen and oxygen atoms in total. The predicted molar refractivity (Wildman–Crippen MR) is 179 cm³/mol. The molecule has 0 aliphatic rings. The van der Waals surface area contributed by atoms with Crippen molar-refractivity contribution in [1.29, 1.82) is 0 Å². The van der Waals surface area contributed by atoms with Gasteiger partial charge in [-0.2, -0.15) is 0 Å². The van der Waals surface area contributed by atoms with Crippen molar-refractivity contribution in [2.75, 3.05) is 7.05 Å². The highest BCUT2D eigenvalue weighted by Gasteiger charge is 2.34. The van der Waals surface area contributed by atoms with E-state index >= 15 is 0 Å². The van der Waals surface area contributed by atoms with E-state index in [4.69, 9.17) is 15.2 Å². The zero-order chi connectivity index (χ0) is 34.6. The van der Waals surface area contributed by atoms with Crippen LogP contribution in [0.15, 0.2) is 72.8 Å². The van der Waals surface area contributed by atoms with Gasteiger partial charge < -0.3 is 25.8 Å². The molecule has 252 valence electrons. The Balaban J connectivity index is 1.82. The highest BCUT2D eigenvalue weighted by Crippen LogP contribution is 2.18. The monoisotopic (exact) mass is 646 g/mol. The van der Waals surface area contributed by atoms with Gasteiger partial charge >= 0.3 is 12.1 Å². The minimum atomic E-state index is -1.43. The summed E-state index contributed by atoms with van der Waals surface area (Å²) in [5.74, 6) is -2.99. The van der Waals surface area contributed by atoms with E-state index in [0.29, 0.717) is 6.42 Å². The first kappa shape index (κ1) is 36.5. The van der Waals surface area contributed by atoms with Gasteiger partial charge in [-0.3, -0.25) is 24.1 Å². The van der Waals surface area contributed by atoms with Crippen LogP contribution in [0.5, 0.6) is 0 Å². The number of hydrogen-bond acceptors (Lipinski definition) is 7. The van der Waals surface area contributed by atoms with Gasteiger partial charge in [-0.25, -0.2) is 4.79 Å². The molecular weight excluding hydrogens is 600 g/mol. The molecule has 0 radical (unpaired) electrons. The van der Waals surface area contributed by atoms with Gasteiger partial charge in [0.15, 0.2) is 0 Å². The Morgan fingerprint density at radius 3 is 2.11 bits per heavy atom. The normalized spacial score (nSPS) is 13.1. The zero-order valence-electron chi connectivity index (χ0n) is 27.8. The summed E-state index contributed by atoms with van der Waals surface area (Å²) in [7, 11) is 1.45. The van der Waals surface area contributed by atoms with Gasteiger partial charge in [0.25, 0.3) is 0 Å². The van der Waals surface area contributed by atoms with Gasteiger partial charge in [-0.1, -0.05) is 92.6 Å². The number of unbranched alkanes of at least 4 members (excludes halogenated alkanes) is 1. The lowest BCUT2D eigenvalue weighted by molar-refractivity contribution is -0.147. The number of carbonyl (C=O) groups is 5. The summed E-state index contributed by atoms with van der Waals surface area (Å²) in [6.07, 6.45) is 0.499. The zero-order valence-corrected chi connectivity index (χ0v) is 27.8. The number of likely N-dealkylation sites (N-methyl/N-ethyl adjacent to an activating group) is 1. The average molecular weight is 647 g/mol. The summed E-state index contributed by atoms with van der Waals surface area (Å²) in [6.45, 7) is 7.06. The molecule has 0 fully saturated rings. The molecule has 0 aliphatic carbocycles. The first-order chi connectivity index (χ1) is 22.3. The van der Waals surface area contributed by atoms with Crippen LogP contribution >= 0.6 is 0 Å². The van der Waals surface area contributed by atoms with E-state index < -0.39 is 59.9 Å². The molecule has 0 heterocycles. The smallest absolute Gasteiger partial charge is 0.410 e. The van der Waals surface area contributed by atoms with Crippen molar-refractivity contribution in [2.45, 2.75) is 90.1 Å². The number of ether oxygens (including phenoxy) is 2. The number of nitrogens with two attached hydrogens (primary N) is 1. The van der Waals surface area contributed by atoms with Crippen LogP contribution in [0.4, 0.5) is 4.79 Å². The van der Waals surface area contributed by atoms with E-state index in [-0.39, 0.29) is 19.4 Å². The Morgan fingerprint density at radius 2 is 1.47 bits per heavy atom. The van der Waals surface area contributed by atoms with E-state index in [1.807, 2.05) is 55.5 Å². The SMILES string of the molecule is CCCC[C@@H](C(=O)N[C@@H](CC(=O)OCc1ccccc1)C(=O)N[C@@H](Cc1ccc2ccccc2c1)C(N)=O)N(C)C(=O)OC(C)(C)C. The van der Waals surface area contributed by atoms with Crippen LogP contribution < -0.4 is 16.4 Å². The third kappa shape index (κ3) is 11.7. The predicted octanol–water partition coefficient (Wildman–Crippen LogP) is 4.40. The van der Waals surface area contributed by atoms with Crippen LogP contribution in [-0.2, 0) is 41.7 Å². The van der Waals surface area contributed by atoms with Crippen LogP contribution in [0.1, 0.15) is 64.5 Å². The van der Waals surface area contributed by atoms with Crippen molar-refractivity contribution >= 4 is 40.6 Å². The number of nitrogens with zero attached hydrogens (tertiary/aromatic N) is 1. The van der Waals surface area contributed by atoms with Crippen molar-refractivity contribution in [3.8, 4) is 0 Å². The summed E-state index contributed by atoms with van der Waals surface area (Å²) in [5, 5.41) is 7.23. The fourth-order valence-corrected chi connectivity index (χ4v) is 4.90. The van der Waals surface area contributed by atoms with E-state index in [0.717, 1.165) is 28.3 Å². The Hall–Kier alpha value is -4.93. The van der Waals surface area contributed by atoms with Gasteiger partial charge in [0.1, 0.15) is 30.3 Å². The van der Waals surface area contributed by atoms with Crippen molar-refractivity contribution in [3.05, 3.63) is 83.9 Å². The van der Waals surface area contributed by atoms with Crippen LogP contribution in [-0.4, -0.2) is 65.5 Å². The number of rotatable bonds is 15. The molecule has 0 aliphatic heterocycles. The number of benzene rings is 3. The van der Waals surface area contributed by atoms with Gasteiger partial charge in [-0.05, 0) is 49.1 Å². The molecule has 3 aromatic rings. The Kier molecular flexibility index (Phi) is 13.3. The number of primary amides is 1. The van der Waals surface area contributed by atoms with Crippen LogP contribution in [0.2, 0.25) is 0 Å². The largest absolute Gasteiger partial charge is 0.461 e. The molecule has 3 aromatic carbocycles. The number of esters is 1. The molecule has 3 atom stereocenters. The number of nitrogens with one attached hydrogen (secondary N) is 2. The van der Waals surface area contributed by atoms with E-state index in [1.165, 1.54) is 11.9 Å². The number of fused-ring (bicyclic) bond motifs is 1. The van der Waals surface area contributed by atoms with Gasteiger partial charge in [0.05, 0.1) is 6.42 Å². The Bertz CT molecular complexity index is 1540. The molecule has 0 saturated carbocycles. The maximum absolute atomic E-state index is 13.7. The highest BCUT2D eigenvalue weighted by atomic mass is 16.6. The van der Waals surface area contributed by atoms with E-state index in [1.54, 1.807) is 45.0 Å². The molecule has 3 rings (SSSR count). The minimum Gasteiger partial charge on any atom is -0.461 e. The molecular formula is C36H46N4O7. The summed E-state index contributed by atoms with van der Waals surface area (Å²) < 4.78 is 10.9. The molecule has 0 aromatic heterocycles. The van der Waals surface area contributed by atoms with Crippen molar-refractivity contribution in [1.82, 2.24) is 15.5 Å². The third-order valence-corrected chi connectivity index (χ3v) is 7.44. The molecule has 47 heavy (non-hydrogen) atoms. The van der Waals surface area contributed by atoms with Crippen LogP contribution in [0.25, 0.3) is 10.8 Å². The summed E-state index contributed by atoms with van der Waals surface area (Å²) in [5.41, 5.74) is 6.40. The maximum atomic E-state index is 13.7. The molecule has 0 unspecified atom stereocenters. The first-order valence-electron chi connectivity index (χ1n) is 15.8. The molecule has 4 amide bonds. The fraction of sp³-hybridized carbons (Fsp3) is 0.417. The standard InChI is InChI=1S/C36H46N4O7/c1-6-7-17-30(40(5)35(45)47-36(2,3)4)34(44)39-29(22-31(41)46-23-24-13-9-8-10-14-24)33(43)38-28(32(37)42)21-25-18-19-26-15-11-12-16-27(26)20-25/h8-16,18-20,28-30H,6-7,17,21-23H2,1-5H3,(H2,37,42)(H,38,43)(H,39,44)/t28-,29-,30-/m0/s1. The molecule has 0 bridgehead atoms. The Morgan fingerprint density at radius 1 is 0.830 bits per heavy atom. The lowest BCUT2D eigenvalue weighted by Gasteiger charge is -2.31. The minimum absolute atomic E-state index is 0.0334. The molecule has 0 saturated heterocycles. The van der Waals surface area contributed by atoms with Gasteiger partial charge in [0, 0.05) is 13.5 Å². The van der Waals surface area contributed by atoms with Gasteiger partial charge in [-0.15, -0.1) is 0 Å². The topological polar surface area (TPSA) is 157 Å². The van der Waals surface area contributed by atoms with Crippen molar-refractivity contribution in [3.63, 3.8) is 0 Å². The van der Waals surface area contributed by atoms with E-state index in [9.17, 15) is 24.0 Å². The molecule has 11 heteroatoms. The third-order valence-electron chi connectivity index (χ3n) is 7.44. The van der Waals surface area contributed by atoms with Crippen LogP contribution in [0.3, 0.4) is 0 Å². The Labute approximate surface area is 276 Å². The summed E-state index contributed by atoms with van der Waals surface area (Å²) in [4.78, 5) is 66.9. The second-order valence-electron chi connectivity index (χ2n) is 12.5. The fourth-order valence-electron chi connectivity index (χ4n) is 4.90. The second-order valence-corrected chi connectivity index (χ2v) is 12.5. The lowest BCUT2D eigenvalue weighted by Crippen LogP contribution is -2.57. The van der Waals surface area contributed by atoms with Crippen LogP contribution in [0, 0.1) is 0 Å². The second kappa shape index (κ2) is 17.1. The van der Waals surface area contributed by atoms with Gasteiger partial charge in [0.2, 0.25) is 17.7 Å². The molecule has 0 spiro atoms. The summed E-state index contributed by atoms with van der Waals surface area (Å²) in [6, 6.07) is 18.8. The van der Waals surface area contributed by atoms with Crippen molar-refractivity contribution in [2.24, 2.45) is 5.73 Å².